The van der Waals surface area contributed by atoms with Crippen molar-refractivity contribution >= 4 is 21.6 Å². The van der Waals surface area contributed by atoms with Gasteiger partial charge in [0.25, 0.3) is 15.9 Å². The van der Waals surface area contributed by atoms with Crippen LogP contribution in [0, 0.1) is 6.92 Å². The number of benzene rings is 3. The number of fused-ring (bicyclic) bond motifs is 1. The molecule has 0 saturated carbocycles. The van der Waals surface area contributed by atoms with Gasteiger partial charge < -0.3 is 10.1 Å². The van der Waals surface area contributed by atoms with E-state index in [0.29, 0.717) is 11.4 Å². The van der Waals surface area contributed by atoms with E-state index >= 15 is 0 Å². The van der Waals surface area contributed by atoms with Crippen molar-refractivity contribution in [2.24, 2.45) is 0 Å². The van der Waals surface area contributed by atoms with E-state index in [1.54, 1.807) is 42.5 Å². The Kier molecular flexibility index (Phi) is 6.42. The largest absolute Gasteiger partial charge is 0.476 e. The van der Waals surface area contributed by atoms with Crippen LogP contribution in [0.2, 0.25) is 0 Å². The molecule has 4 rings (SSSR count). The van der Waals surface area contributed by atoms with Gasteiger partial charge in [-0.15, -0.1) is 0 Å². The lowest BCUT2D eigenvalue weighted by atomic mass is 10.0. The van der Waals surface area contributed by atoms with Crippen LogP contribution in [-0.4, -0.2) is 27.0 Å². The topological polar surface area (TPSA) is 75.7 Å². The highest BCUT2D eigenvalue weighted by Gasteiger charge is 2.37. The zero-order valence-corrected chi connectivity index (χ0v) is 19.8. The minimum atomic E-state index is -3.87. The Morgan fingerprint density at radius 3 is 2.45 bits per heavy atom. The molecular weight excluding hydrogens is 436 g/mol. The Balaban J connectivity index is 1.61. The van der Waals surface area contributed by atoms with Crippen molar-refractivity contribution in [3.63, 3.8) is 0 Å². The van der Waals surface area contributed by atoms with Crippen LogP contribution in [0.4, 0.5) is 5.69 Å². The first-order chi connectivity index (χ1) is 15.8. The summed E-state index contributed by atoms with van der Waals surface area (Å²) in [6.45, 7) is 5.78. The number of carbonyl (C=O) groups is 1. The molecule has 6 nitrogen and oxygen atoms in total. The minimum Gasteiger partial charge on any atom is -0.476 e. The number of hydrogen-bond donors (Lipinski definition) is 1. The Morgan fingerprint density at radius 1 is 1.09 bits per heavy atom. The van der Waals surface area contributed by atoms with Crippen molar-refractivity contribution in [1.82, 2.24) is 5.32 Å². The number of sulfonamides is 1. The summed E-state index contributed by atoms with van der Waals surface area (Å²) < 4.78 is 34.2. The average Bonchev–Trinajstić information content (AvgIpc) is 2.83. The molecule has 1 aliphatic heterocycles. The van der Waals surface area contributed by atoms with Crippen molar-refractivity contribution in [1.29, 1.82) is 0 Å². The van der Waals surface area contributed by atoms with Gasteiger partial charge in [-0.3, -0.25) is 9.10 Å². The highest BCUT2D eigenvalue weighted by Crippen LogP contribution is 2.37. The van der Waals surface area contributed by atoms with Gasteiger partial charge in [-0.2, -0.15) is 0 Å². The third kappa shape index (κ3) is 4.73. The van der Waals surface area contributed by atoms with Crippen LogP contribution in [0.1, 0.15) is 36.6 Å². The predicted molar refractivity (Wildman–Crippen MR) is 129 cm³/mol. The lowest BCUT2D eigenvalue weighted by molar-refractivity contribution is -0.128. The molecule has 0 aromatic heterocycles. The summed E-state index contributed by atoms with van der Waals surface area (Å²) >= 11 is 0. The summed E-state index contributed by atoms with van der Waals surface area (Å²) in [6.07, 6.45) is -0.0308. The fourth-order valence-electron chi connectivity index (χ4n) is 3.88. The zero-order valence-electron chi connectivity index (χ0n) is 19.0. The fraction of sp³-hybridized carbons (Fsp3) is 0.269. The van der Waals surface area contributed by atoms with Crippen LogP contribution in [0.25, 0.3) is 0 Å². The van der Waals surface area contributed by atoms with Crippen LogP contribution in [0.5, 0.6) is 5.75 Å². The molecule has 0 bridgehead atoms. The summed E-state index contributed by atoms with van der Waals surface area (Å²) in [5.74, 6) is 0.0170. The van der Waals surface area contributed by atoms with Crippen LogP contribution in [0.3, 0.4) is 0 Å². The normalized spacial score (nSPS) is 16.5. The average molecular weight is 465 g/mol. The van der Waals surface area contributed by atoms with Crippen LogP contribution in [0.15, 0.2) is 77.7 Å². The van der Waals surface area contributed by atoms with Crippen LogP contribution < -0.4 is 14.4 Å². The van der Waals surface area contributed by atoms with Gasteiger partial charge in [0.05, 0.1) is 23.2 Å². The molecule has 7 heteroatoms. The van der Waals surface area contributed by atoms with Crippen LogP contribution >= 0.6 is 0 Å². The molecule has 0 radical (unpaired) electrons. The molecule has 1 amide bonds. The molecule has 1 aliphatic rings. The number of aryl methyl sites for hydroxylation is 2. The second kappa shape index (κ2) is 9.27. The van der Waals surface area contributed by atoms with Gasteiger partial charge in [0.1, 0.15) is 5.75 Å². The number of carbonyl (C=O) groups excluding carboxylic acids is 1. The first-order valence-electron chi connectivity index (χ1n) is 11.0. The molecule has 2 atom stereocenters. The third-order valence-corrected chi connectivity index (χ3v) is 7.65. The number of hydrogen-bond acceptors (Lipinski definition) is 4. The zero-order chi connectivity index (χ0) is 23.6. The molecule has 0 saturated heterocycles. The second-order valence-corrected chi connectivity index (χ2v) is 10.1. The molecule has 33 heavy (non-hydrogen) atoms. The van der Waals surface area contributed by atoms with Gasteiger partial charge in [-0.05, 0) is 61.2 Å². The van der Waals surface area contributed by atoms with Gasteiger partial charge >= 0.3 is 0 Å². The Morgan fingerprint density at radius 2 is 1.79 bits per heavy atom. The van der Waals surface area contributed by atoms with Crippen molar-refractivity contribution in [3.8, 4) is 5.75 Å². The van der Waals surface area contributed by atoms with E-state index in [1.807, 2.05) is 44.2 Å². The first kappa shape index (κ1) is 22.9. The van der Waals surface area contributed by atoms with E-state index in [9.17, 15) is 13.2 Å². The Hall–Kier alpha value is -3.32. The molecule has 0 fully saturated rings. The summed E-state index contributed by atoms with van der Waals surface area (Å²) in [5.41, 5.74) is 3.54. The molecule has 1 heterocycles. The molecule has 3 aromatic carbocycles. The van der Waals surface area contributed by atoms with E-state index in [4.69, 9.17) is 4.74 Å². The molecule has 0 aliphatic carbocycles. The van der Waals surface area contributed by atoms with E-state index in [0.717, 1.165) is 17.5 Å². The number of ether oxygens (including phenoxy) is 1. The van der Waals surface area contributed by atoms with E-state index in [-0.39, 0.29) is 23.4 Å². The highest BCUT2D eigenvalue weighted by atomic mass is 32.2. The summed E-state index contributed by atoms with van der Waals surface area (Å²) in [7, 11) is -3.87. The Bertz CT molecular complexity index is 1240. The molecule has 1 N–H and O–H groups in total. The highest BCUT2D eigenvalue weighted by molar-refractivity contribution is 7.92. The van der Waals surface area contributed by atoms with Gasteiger partial charge in [-0.25, -0.2) is 8.42 Å². The lowest BCUT2D eigenvalue weighted by Crippen LogP contribution is -2.51. The third-order valence-electron chi connectivity index (χ3n) is 5.86. The number of rotatable bonds is 6. The lowest BCUT2D eigenvalue weighted by Gasteiger charge is -2.35. The van der Waals surface area contributed by atoms with Crippen molar-refractivity contribution in [3.05, 3.63) is 89.5 Å². The van der Waals surface area contributed by atoms with Gasteiger partial charge in [0, 0.05) is 0 Å². The van der Waals surface area contributed by atoms with E-state index < -0.39 is 16.1 Å². The van der Waals surface area contributed by atoms with Gasteiger partial charge in [0.2, 0.25) is 0 Å². The standard InChI is InChI=1S/C26H28N2O4S/c1-4-20-11-13-21(14-12-20)19(3)27-26(29)25-17-28(23-15-10-18(2)16-24(23)32-25)33(30,31)22-8-6-5-7-9-22/h5-16,19,25H,4,17H2,1-3H3,(H,27,29)/t19-,25-/m0/s1. The maximum absolute atomic E-state index is 13.4. The predicted octanol–water partition coefficient (Wildman–Crippen LogP) is 4.39. The van der Waals surface area contributed by atoms with Crippen molar-refractivity contribution < 1.29 is 17.9 Å². The second-order valence-electron chi connectivity index (χ2n) is 8.25. The van der Waals surface area contributed by atoms with Crippen molar-refractivity contribution in [2.75, 3.05) is 10.8 Å². The summed E-state index contributed by atoms with van der Waals surface area (Å²) in [6, 6.07) is 21.4. The summed E-state index contributed by atoms with van der Waals surface area (Å²) in [4.78, 5) is 13.3. The smallest absolute Gasteiger partial charge is 0.264 e. The number of nitrogens with one attached hydrogen (secondary N) is 1. The maximum Gasteiger partial charge on any atom is 0.264 e. The molecule has 3 aromatic rings. The molecular formula is C26H28N2O4S. The molecule has 0 spiro atoms. The number of amides is 1. The monoisotopic (exact) mass is 464 g/mol. The first-order valence-corrected chi connectivity index (χ1v) is 12.5. The van der Waals surface area contributed by atoms with Gasteiger partial charge in [0.15, 0.2) is 6.10 Å². The van der Waals surface area contributed by atoms with E-state index in [1.165, 1.54) is 9.87 Å². The molecule has 172 valence electrons. The summed E-state index contributed by atoms with van der Waals surface area (Å²) in [5, 5.41) is 2.98. The minimum absolute atomic E-state index is 0.111. The van der Waals surface area contributed by atoms with Crippen LogP contribution in [-0.2, 0) is 21.2 Å². The number of nitrogens with zero attached hydrogens (tertiary/aromatic N) is 1. The van der Waals surface area contributed by atoms with Gasteiger partial charge in [-0.1, -0.05) is 55.5 Å². The Labute approximate surface area is 195 Å². The van der Waals surface area contributed by atoms with Crippen molar-refractivity contribution in [2.45, 2.75) is 44.2 Å². The maximum atomic E-state index is 13.4. The number of anilines is 1. The SMILES string of the molecule is CCc1ccc([C@H](C)NC(=O)[C@@H]2CN(S(=O)(=O)c3ccccc3)c3ccc(C)cc3O2)cc1. The quantitative estimate of drug-likeness (QED) is 0.587. The van der Waals surface area contributed by atoms with E-state index in [2.05, 4.69) is 12.2 Å². The fourth-order valence-corrected chi connectivity index (χ4v) is 5.37. The molecule has 0 unspecified atom stereocenters.